The fourth-order valence-electron chi connectivity index (χ4n) is 0.939. The summed E-state index contributed by atoms with van der Waals surface area (Å²) in [4.78, 5) is 0. The summed E-state index contributed by atoms with van der Waals surface area (Å²) in [6.45, 7) is 6.72. The molecule has 14 heavy (non-hydrogen) atoms. The first-order valence-corrected chi connectivity index (χ1v) is 5.10. The van der Waals surface area contributed by atoms with E-state index >= 15 is 0 Å². The van der Waals surface area contributed by atoms with Crippen LogP contribution in [0.15, 0.2) is 18.2 Å². The van der Waals surface area contributed by atoms with E-state index in [-0.39, 0.29) is 5.82 Å². The van der Waals surface area contributed by atoms with Crippen LogP contribution in [0, 0.1) is 12.7 Å². The molecule has 0 amide bonds. The normalized spacial score (nSPS) is 9.21. The summed E-state index contributed by atoms with van der Waals surface area (Å²) < 4.78 is 12.9. The predicted molar refractivity (Wildman–Crippen MR) is 59.9 cm³/mol. The number of hydrogen-bond donors (Lipinski definition) is 1. The summed E-state index contributed by atoms with van der Waals surface area (Å²) in [5, 5.41) is 0. The van der Waals surface area contributed by atoms with Crippen molar-refractivity contribution in [3.8, 4) is 0 Å². The van der Waals surface area contributed by atoms with Gasteiger partial charge < -0.3 is 5.73 Å². The van der Waals surface area contributed by atoms with Gasteiger partial charge >= 0.3 is 0 Å². The number of hydrogen-bond acceptors (Lipinski definition) is 1. The Morgan fingerprint density at radius 3 is 2.21 bits per heavy atom. The zero-order valence-electron chi connectivity index (χ0n) is 9.31. The van der Waals surface area contributed by atoms with Crippen LogP contribution in [-0.4, -0.2) is 6.54 Å². The van der Waals surface area contributed by atoms with Crippen molar-refractivity contribution >= 4 is 0 Å². The fourth-order valence-corrected chi connectivity index (χ4v) is 0.939. The molecule has 1 aromatic carbocycles. The maximum atomic E-state index is 12.9. The lowest BCUT2D eigenvalue weighted by Crippen LogP contribution is -1.93. The lowest BCUT2D eigenvalue weighted by molar-refractivity contribution is 0.611. The lowest BCUT2D eigenvalue weighted by Gasteiger charge is -1.98. The van der Waals surface area contributed by atoms with Crippen molar-refractivity contribution in [3.63, 3.8) is 0 Å². The van der Waals surface area contributed by atoms with Gasteiger partial charge in [0.25, 0.3) is 0 Å². The molecule has 1 aromatic rings. The molecule has 0 saturated carbocycles. The first kappa shape index (κ1) is 13.1. The van der Waals surface area contributed by atoms with E-state index < -0.39 is 0 Å². The maximum absolute atomic E-state index is 12.9. The van der Waals surface area contributed by atoms with E-state index in [9.17, 15) is 4.39 Å². The van der Waals surface area contributed by atoms with E-state index in [0.29, 0.717) is 0 Å². The highest BCUT2D eigenvalue weighted by Crippen LogP contribution is 2.09. The van der Waals surface area contributed by atoms with Crippen LogP contribution < -0.4 is 5.73 Å². The molecule has 80 valence electrons. The molecule has 0 bridgehead atoms. The molecule has 0 aromatic heterocycles. The molecule has 0 fully saturated rings. The Bertz CT molecular complexity index is 256. The molecular weight excluding hydrogens is 177 g/mol. The zero-order valence-corrected chi connectivity index (χ0v) is 9.31. The van der Waals surface area contributed by atoms with Crippen LogP contribution in [0.2, 0.25) is 0 Å². The Kier molecular flexibility index (Phi) is 7.03. The van der Waals surface area contributed by atoms with E-state index in [1.807, 2.05) is 26.0 Å². The third-order valence-electron chi connectivity index (χ3n) is 1.88. The molecule has 1 rings (SSSR count). The number of benzene rings is 1. The Morgan fingerprint density at radius 1 is 1.29 bits per heavy atom. The molecule has 0 aliphatic rings. The predicted octanol–water partition coefficient (Wildman–Crippen LogP) is 3.05. The Labute approximate surface area is 86.1 Å². The lowest BCUT2D eigenvalue weighted by atomic mass is 10.1. The standard InChI is InChI=1S/C9H11F.C3H9N/c1-3-8-5-4-7(2)6-9(8)10;1-2-3-4/h4-6H,3H2,1-2H3;2-4H2,1H3. The van der Waals surface area contributed by atoms with Crippen molar-refractivity contribution in [3.05, 3.63) is 35.1 Å². The topological polar surface area (TPSA) is 26.0 Å². The highest BCUT2D eigenvalue weighted by Gasteiger charge is 1.97. The summed E-state index contributed by atoms with van der Waals surface area (Å²) in [6.07, 6.45) is 1.87. The highest BCUT2D eigenvalue weighted by molar-refractivity contribution is 5.23. The number of aryl methyl sites for hydroxylation is 2. The van der Waals surface area contributed by atoms with Gasteiger partial charge in [0.15, 0.2) is 0 Å². The molecule has 2 heteroatoms. The first-order chi connectivity index (χ1) is 6.65. The molecule has 0 unspecified atom stereocenters. The third-order valence-corrected chi connectivity index (χ3v) is 1.88. The van der Waals surface area contributed by atoms with Gasteiger partial charge in [-0.15, -0.1) is 0 Å². The quantitative estimate of drug-likeness (QED) is 0.774. The summed E-state index contributed by atoms with van der Waals surface area (Å²) in [5.41, 5.74) is 6.81. The molecule has 0 aliphatic carbocycles. The van der Waals surface area contributed by atoms with Gasteiger partial charge in [0, 0.05) is 0 Å². The number of rotatable bonds is 2. The van der Waals surface area contributed by atoms with Crippen LogP contribution in [0.3, 0.4) is 0 Å². The van der Waals surface area contributed by atoms with Crippen molar-refractivity contribution < 1.29 is 4.39 Å². The highest BCUT2D eigenvalue weighted by atomic mass is 19.1. The van der Waals surface area contributed by atoms with Crippen LogP contribution in [0.25, 0.3) is 0 Å². The van der Waals surface area contributed by atoms with Crippen molar-refractivity contribution in [1.82, 2.24) is 0 Å². The summed E-state index contributed by atoms with van der Waals surface area (Å²) in [6, 6.07) is 5.34. The van der Waals surface area contributed by atoms with Gasteiger partial charge in [0.1, 0.15) is 5.82 Å². The second kappa shape index (κ2) is 7.51. The molecule has 1 nitrogen and oxygen atoms in total. The van der Waals surface area contributed by atoms with Crippen LogP contribution in [-0.2, 0) is 6.42 Å². The minimum Gasteiger partial charge on any atom is -0.330 e. The zero-order chi connectivity index (χ0) is 11.0. The van der Waals surface area contributed by atoms with Crippen molar-refractivity contribution in [2.24, 2.45) is 5.73 Å². The monoisotopic (exact) mass is 197 g/mol. The van der Waals surface area contributed by atoms with Gasteiger partial charge in [-0.25, -0.2) is 4.39 Å². The molecule has 0 aliphatic heterocycles. The SMILES string of the molecule is CCCN.CCc1ccc(C)cc1F. The summed E-state index contributed by atoms with van der Waals surface area (Å²) in [5.74, 6) is -0.0810. The summed E-state index contributed by atoms with van der Waals surface area (Å²) in [7, 11) is 0. The second-order valence-electron chi connectivity index (χ2n) is 3.24. The number of nitrogens with two attached hydrogens (primary N) is 1. The van der Waals surface area contributed by atoms with Gasteiger partial charge in [-0.3, -0.25) is 0 Å². The average Bonchev–Trinajstić information content (AvgIpc) is 2.18. The van der Waals surface area contributed by atoms with Crippen LogP contribution in [0.5, 0.6) is 0 Å². The first-order valence-electron chi connectivity index (χ1n) is 5.10. The van der Waals surface area contributed by atoms with Crippen molar-refractivity contribution in [2.75, 3.05) is 6.54 Å². The van der Waals surface area contributed by atoms with E-state index in [4.69, 9.17) is 5.73 Å². The Morgan fingerprint density at radius 2 is 1.86 bits per heavy atom. The van der Waals surface area contributed by atoms with Gasteiger partial charge in [0.05, 0.1) is 0 Å². The van der Waals surface area contributed by atoms with Gasteiger partial charge in [-0.05, 0) is 43.5 Å². The minimum atomic E-state index is -0.0810. The largest absolute Gasteiger partial charge is 0.330 e. The Balaban J connectivity index is 0.000000364. The molecular formula is C12H20FN. The van der Waals surface area contributed by atoms with E-state index in [1.165, 1.54) is 0 Å². The Hall–Kier alpha value is -0.890. The van der Waals surface area contributed by atoms with Gasteiger partial charge in [-0.1, -0.05) is 26.0 Å². The minimum absolute atomic E-state index is 0.0810. The molecule has 2 N–H and O–H groups in total. The number of halogens is 1. The second-order valence-corrected chi connectivity index (χ2v) is 3.24. The third kappa shape index (κ3) is 4.97. The molecule has 0 saturated heterocycles. The van der Waals surface area contributed by atoms with Gasteiger partial charge in [0.2, 0.25) is 0 Å². The van der Waals surface area contributed by atoms with Gasteiger partial charge in [-0.2, -0.15) is 0 Å². The summed E-state index contributed by atoms with van der Waals surface area (Å²) >= 11 is 0. The molecule has 0 atom stereocenters. The van der Waals surface area contributed by atoms with Crippen LogP contribution >= 0.6 is 0 Å². The van der Waals surface area contributed by atoms with E-state index in [2.05, 4.69) is 6.92 Å². The van der Waals surface area contributed by atoms with Crippen molar-refractivity contribution in [1.29, 1.82) is 0 Å². The average molecular weight is 197 g/mol. The fraction of sp³-hybridized carbons (Fsp3) is 0.500. The molecule has 0 radical (unpaired) electrons. The van der Waals surface area contributed by atoms with Crippen LogP contribution in [0.4, 0.5) is 4.39 Å². The van der Waals surface area contributed by atoms with Crippen molar-refractivity contribution in [2.45, 2.75) is 33.6 Å². The maximum Gasteiger partial charge on any atom is 0.126 e. The van der Waals surface area contributed by atoms with Crippen LogP contribution in [0.1, 0.15) is 31.4 Å². The smallest absolute Gasteiger partial charge is 0.126 e. The molecule has 0 spiro atoms. The van der Waals surface area contributed by atoms with E-state index in [1.54, 1.807) is 6.07 Å². The molecule has 0 heterocycles. The van der Waals surface area contributed by atoms with E-state index in [0.717, 1.165) is 30.5 Å².